The van der Waals surface area contributed by atoms with Crippen molar-refractivity contribution in [1.29, 1.82) is 0 Å². The van der Waals surface area contributed by atoms with Crippen LogP contribution in [0.1, 0.15) is 38.2 Å². The van der Waals surface area contributed by atoms with Crippen LogP contribution in [0.25, 0.3) is 0 Å². The van der Waals surface area contributed by atoms with Gasteiger partial charge in [0, 0.05) is 30.5 Å². The maximum absolute atomic E-state index is 12.5. The molecular weight excluding hydrogens is 328 g/mol. The first-order valence-electron chi connectivity index (χ1n) is 8.38. The molecule has 1 saturated heterocycles. The molecule has 0 aromatic heterocycles. The number of benzene rings is 1. The molecule has 1 aromatic carbocycles. The first-order chi connectivity index (χ1) is 11.4. The van der Waals surface area contributed by atoms with Gasteiger partial charge in [0.1, 0.15) is 0 Å². The number of piperidine rings is 1. The van der Waals surface area contributed by atoms with Crippen LogP contribution >= 0.6 is 11.6 Å². The monoisotopic (exact) mass is 350 g/mol. The van der Waals surface area contributed by atoms with Gasteiger partial charge < -0.3 is 15.3 Å². The molecule has 2 fully saturated rings. The van der Waals surface area contributed by atoms with Gasteiger partial charge in [-0.2, -0.15) is 0 Å². The number of carbonyl (C=O) groups is 2. The third-order valence-electron chi connectivity index (χ3n) is 5.22. The maximum Gasteiger partial charge on any atom is 0.253 e. The number of nitrogens with one attached hydrogen (secondary N) is 1. The zero-order valence-corrected chi connectivity index (χ0v) is 14.6. The summed E-state index contributed by atoms with van der Waals surface area (Å²) in [6.07, 6.45) is 2.94. The fourth-order valence-corrected chi connectivity index (χ4v) is 3.82. The number of rotatable bonds is 4. The number of amides is 2. The molecule has 6 heteroatoms. The number of likely N-dealkylation sites (tertiary alicyclic amines) is 1. The lowest BCUT2D eigenvalue weighted by Crippen LogP contribution is -2.58. The Labute approximate surface area is 147 Å². The van der Waals surface area contributed by atoms with Gasteiger partial charge in [-0.05, 0) is 37.3 Å². The third kappa shape index (κ3) is 3.28. The van der Waals surface area contributed by atoms with Gasteiger partial charge in [0.25, 0.3) is 5.91 Å². The quantitative estimate of drug-likeness (QED) is 0.870. The van der Waals surface area contributed by atoms with Crippen molar-refractivity contribution in [1.82, 2.24) is 10.2 Å². The molecule has 24 heavy (non-hydrogen) atoms. The lowest BCUT2D eigenvalue weighted by atomic mass is 9.90. The fraction of sp³-hybridized carbons (Fsp3) is 0.556. The van der Waals surface area contributed by atoms with Gasteiger partial charge >= 0.3 is 0 Å². The SMILES string of the molecule is CC(=O)N1CCCC(O)(C(=O)NCC2(c3ccccc3Cl)CC2)C1. The highest BCUT2D eigenvalue weighted by molar-refractivity contribution is 6.31. The van der Waals surface area contributed by atoms with E-state index in [0.29, 0.717) is 31.0 Å². The van der Waals surface area contributed by atoms with E-state index < -0.39 is 11.5 Å². The molecule has 1 aliphatic heterocycles. The average Bonchev–Trinajstić information content (AvgIpc) is 3.34. The summed E-state index contributed by atoms with van der Waals surface area (Å²) in [6, 6.07) is 7.69. The van der Waals surface area contributed by atoms with Crippen LogP contribution in [0.15, 0.2) is 24.3 Å². The van der Waals surface area contributed by atoms with Crippen LogP contribution in [0.5, 0.6) is 0 Å². The Balaban J connectivity index is 1.65. The van der Waals surface area contributed by atoms with Crippen molar-refractivity contribution in [3.05, 3.63) is 34.9 Å². The van der Waals surface area contributed by atoms with E-state index >= 15 is 0 Å². The molecule has 1 atom stereocenters. The van der Waals surface area contributed by atoms with Gasteiger partial charge in [-0.1, -0.05) is 29.8 Å². The highest BCUT2D eigenvalue weighted by atomic mass is 35.5. The smallest absolute Gasteiger partial charge is 0.253 e. The van der Waals surface area contributed by atoms with Crippen molar-refractivity contribution < 1.29 is 14.7 Å². The second-order valence-electron chi connectivity index (χ2n) is 7.02. The van der Waals surface area contributed by atoms with Gasteiger partial charge in [0.2, 0.25) is 5.91 Å². The van der Waals surface area contributed by atoms with E-state index in [1.807, 2.05) is 24.3 Å². The molecule has 2 amide bonds. The molecule has 2 N–H and O–H groups in total. The molecule has 1 saturated carbocycles. The van der Waals surface area contributed by atoms with Gasteiger partial charge in [-0.25, -0.2) is 0 Å². The molecule has 2 aliphatic rings. The van der Waals surface area contributed by atoms with Crippen LogP contribution < -0.4 is 5.32 Å². The van der Waals surface area contributed by atoms with E-state index in [1.165, 1.54) is 11.8 Å². The molecule has 1 heterocycles. The van der Waals surface area contributed by atoms with E-state index in [1.54, 1.807) is 0 Å². The van der Waals surface area contributed by atoms with Gasteiger partial charge in [0.15, 0.2) is 5.60 Å². The topological polar surface area (TPSA) is 69.6 Å². The molecule has 0 radical (unpaired) electrons. The van der Waals surface area contributed by atoms with Crippen LogP contribution in [0.4, 0.5) is 0 Å². The Morgan fingerprint density at radius 3 is 2.62 bits per heavy atom. The van der Waals surface area contributed by atoms with Crippen molar-refractivity contribution >= 4 is 23.4 Å². The van der Waals surface area contributed by atoms with Crippen molar-refractivity contribution in [2.45, 2.75) is 43.6 Å². The van der Waals surface area contributed by atoms with Crippen molar-refractivity contribution in [2.24, 2.45) is 0 Å². The predicted octanol–water partition coefficient (Wildman–Crippen LogP) is 1.86. The highest BCUT2D eigenvalue weighted by Crippen LogP contribution is 2.49. The minimum Gasteiger partial charge on any atom is -0.378 e. The van der Waals surface area contributed by atoms with Crippen LogP contribution in [0, 0.1) is 0 Å². The number of halogens is 1. The third-order valence-corrected chi connectivity index (χ3v) is 5.55. The fourth-order valence-electron chi connectivity index (χ4n) is 3.49. The molecule has 130 valence electrons. The van der Waals surface area contributed by atoms with Crippen molar-refractivity contribution in [3.63, 3.8) is 0 Å². The van der Waals surface area contributed by atoms with Gasteiger partial charge in [0.05, 0.1) is 6.54 Å². The summed E-state index contributed by atoms with van der Waals surface area (Å²) >= 11 is 6.29. The molecule has 1 aromatic rings. The van der Waals surface area contributed by atoms with Crippen LogP contribution in [-0.4, -0.2) is 47.1 Å². The number of hydrogen-bond donors (Lipinski definition) is 2. The Hall–Kier alpha value is -1.59. The molecule has 5 nitrogen and oxygen atoms in total. The number of carbonyl (C=O) groups excluding carboxylic acids is 2. The summed E-state index contributed by atoms with van der Waals surface area (Å²) < 4.78 is 0. The molecule has 0 bridgehead atoms. The zero-order chi connectivity index (χ0) is 17.4. The maximum atomic E-state index is 12.5. The van der Waals surface area contributed by atoms with E-state index in [9.17, 15) is 14.7 Å². The Morgan fingerprint density at radius 1 is 1.29 bits per heavy atom. The summed E-state index contributed by atoms with van der Waals surface area (Å²) in [5.74, 6) is -0.512. The average molecular weight is 351 g/mol. The van der Waals surface area contributed by atoms with Crippen LogP contribution in [-0.2, 0) is 15.0 Å². The summed E-state index contributed by atoms with van der Waals surface area (Å²) in [5, 5.41) is 14.3. The first-order valence-corrected chi connectivity index (χ1v) is 8.75. The Morgan fingerprint density at radius 2 is 2.00 bits per heavy atom. The molecule has 1 unspecified atom stereocenters. The molecule has 0 spiro atoms. The lowest BCUT2D eigenvalue weighted by molar-refractivity contribution is -0.150. The summed E-state index contributed by atoms with van der Waals surface area (Å²) in [4.78, 5) is 25.6. The van der Waals surface area contributed by atoms with Crippen molar-refractivity contribution in [3.8, 4) is 0 Å². The Kier molecular flexibility index (Phi) is 4.58. The highest BCUT2D eigenvalue weighted by Gasteiger charge is 2.47. The number of hydrogen-bond acceptors (Lipinski definition) is 3. The summed E-state index contributed by atoms with van der Waals surface area (Å²) in [5.41, 5.74) is -0.576. The lowest BCUT2D eigenvalue weighted by Gasteiger charge is -2.37. The Bertz CT molecular complexity index is 659. The number of nitrogens with zero attached hydrogens (tertiary/aromatic N) is 1. The van der Waals surface area contributed by atoms with E-state index in [-0.39, 0.29) is 17.9 Å². The second kappa shape index (κ2) is 6.37. The number of aliphatic hydroxyl groups is 1. The van der Waals surface area contributed by atoms with Crippen LogP contribution in [0.2, 0.25) is 5.02 Å². The normalized spacial score (nSPS) is 25.2. The van der Waals surface area contributed by atoms with E-state index in [4.69, 9.17) is 11.6 Å². The van der Waals surface area contributed by atoms with E-state index in [0.717, 1.165) is 18.4 Å². The zero-order valence-electron chi connectivity index (χ0n) is 13.8. The van der Waals surface area contributed by atoms with Gasteiger partial charge in [-0.3, -0.25) is 9.59 Å². The number of β-amino-alcohol motifs (C(OH)–C–C–N with tert-alkyl or cyclic N) is 1. The van der Waals surface area contributed by atoms with Crippen molar-refractivity contribution in [2.75, 3.05) is 19.6 Å². The summed E-state index contributed by atoms with van der Waals surface area (Å²) in [6.45, 7) is 2.57. The molecule has 1 aliphatic carbocycles. The summed E-state index contributed by atoms with van der Waals surface area (Å²) in [7, 11) is 0. The predicted molar refractivity (Wildman–Crippen MR) is 91.8 cm³/mol. The molecule has 3 rings (SSSR count). The largest absolute Gasteiger partial charge is 0.378 e. The van der Waals surface area contributed by atoms with E-state index in [2.05, 4.69) is 5.32 Å². The van der Waals surface area contributed by atoms with Crippen LogP contribution in [0.3, 0.4) is 0 Å². The second-order valence-corrected chi connectivity index (χ2v) is 7.43. The standard InChI is InChI=1S/C18H23ClN2O3/c1-13(22)21-10-4-7-18(24,12-21)16(23)20-11-17(8-9-17)14-5-2-3-6-15(14)19/h2-3,5-6,24H,4,7-12H2,1H3,(H,20,23). The molecular formula is C18H23ClN2O3. The first kappa shape index (κ1) is 17.2. The van der Waals surface area contributed by atoms with Gasteiger partial charge in [-0.15, -0.1) is 0 Å². The minimum atomic E-state index is -1.50. The minimum absolute atomic E-state index is 0.0628.